The minimum Gasteiger partial charge on any atom is -0.397 e. The highest BCUT2D eigenvalue weighted by molar-refractivity contribution is 5.50. The number of nitrogen functional groups attached to an aromatic ring is 1. The first-order chi connectivity index (χ1) is 6.38. The first kappa shape index (κ1) is 10.8. The third-order valence-electron chi connectivity index (χ3n) is 1.95. The van der Waals surface area contributed by atoms with E-state index in [9.17, 15) is 0 Å². The van der Waals surface area contributed by atoms with E-state index in [1.807, 2.05) is 13.0 Å². The molecule has 0 unspecified atom stereocenters. The molecule has 0 aromatic carbocycles. The highest BCUT2D eigenvalue weighted by Gasteiger charge is 2.09. The van der Waals surface area contributed by atoms with Gasteiger partial charge in [-0.2, -0.15) is 0 Å². The Morgan fingerprint density at radius 1 is 1.43 bits per heavy atom. The minimum absolute atomic E-state index is 0.261. The fourth-order valence-corrected chi connectivity index (χ4v) is 1.02. The van der Waals surface area contributed by atoms with Gasteiger partial charge in [0.2, 0.25) is 0 Å². The molecule has 0 amide bonds. The molecule has 0 radical (unpaired) electrons. The molecule has 0 fully saturated rings. The molecule has 1 heterocycles. The summed E-state index contributed by atoms with van der Waals surface area (Å²) in [4.78, 5) is 4.21. The van der Waals surface area contributed by atoms with Crippen LogP contribution in [0.1, 0.15) is 26.3 Å². The molecule has 1 rings (SSSR count). The van der Waals surface area contributed by atoms with Crippen LogP contribution in [0, 0.1) is 12.3 Å². The molecular formula is C11H19N3. The monoisotopic (exact) mass is 193 g/mol. The number of pyridine rings is 1. The maximum Gasteiger partial charge on any atom is 0.126 e. The van der Waals surface area contributed by atoms with Gasteiger partial charge in [-0.05, 0) is 24.0 Å². The predicted octanol–water partition coefficient (Wildman–Crippen LogP) is 2.43. The lowest BCUT2D eigenvalue weighted by Gasteiger charge is -2.19. The summed E-state index contributed by atoms with van der Waals surface area (Å²) in [7, 11) is 0. The Morgan fingerprint density at radius 2 is 2.07 bits per heavy atom. The number of aryl methyl sites for hydroxylation is 1. The van der Waals surface area contributed by atoms with Crippen LogP contribution in [0.5, 0.6) is 0 Å². The van der Waals surface area contributed by atoms with E-state index in [4.69, 9.17) is 5.73 Å². The zero-order valence-corrected chi connectivity index (χ0v) is 9.39. The highest BCUT2D eigenvalue weighted by Crippen LogP contribution is 2.16. The van der Waals surface area contributed by atoms with E-state index >= 15 is 0 Å². The van der Waals surface area contributed by atoms with Gasteiger partial charge >= 0.3 is 0 Å². The quantitative estimate of drug-likeness (QED) is 0.758. The molecule has 3 N–H and O–H groups in total. The Hall–Kier alpha value is -1.25. The fraction of sp³-hybridized carbons (Fsp3) is 0.545. The van der Waals surface area contributed by atoms with Crippen molar-refractivity contribution in [2.45, 2.75) is 27.7 Å². The largest absolute Gasteiger partial charge is 0.397 e. The van der Waals surface area contributed by atoms with Crippen molar-refractivity contribution in [2.24, 2.45) is 5.41 Å². The van der Waals surface area contributed by atoms with Gasteiger partial charge in [-0.25, -0.2) is 4.98 Å². The number of hydrogen-bond acceptors (Lipinski definition) is 3. The van der Waals surface area contributed by atoms with Crippen LogP contribution in [0.3, 0.4) is 0 Å². The number of nitrogens with zero attached hydrogens (tertiary/aromatic N) is 1. The first-order valence-corrected chi connectivity index (χ1v) is 4.84. The highest BCUT2D eigenvalue weighted by atomic mass is 15.0. The second-order valence-electron chi connectivity index (χ2n) is 4.84. The summed E-state index contributed by atoms with van der Waals surface area (Å²) in [5, 5.41) is 3.29. The average Bonchev–Trinajstić information content (AvgIpc) is 2.06. The summed E-state index contributed by atoms with van der Waals surface area (Å²) in [5.74, 6) is 0.895. The van der Waals surface area contributed by atoms with E-state index in [1.54, 1.807) is 6.20 Å². The normalized spacial score (nSPS) is 11.4. The Bertz CT molecular complexity index is 313. The van der Waals surface area contributed by atoms with Gasteiger partial charge in [0.1, 0.15) is 5.82 Å². The van der Waals surface area contributed by atoms with Gasteiger partial charge in [0.15, 0.2) is 0 Å². The number of rotatable bonds is 2. The molecule has 0 aliphatic rings. The second kappa shape index (κ2) is 3.86. The Balaban J connectivity index is 2.65. The first-order valence-electron chi connectivity index (χ1n) is 4.84. The number of anilines is 2. The van der Waals surface area contributed by atoms with Crippen molar-refractivity contribution in [2.75, 3.05) is 17.6 Å². The van der Waals surface area contributed by atoms with Gasteiger partial charge in [-0.1, -0.05) is 20.8 Å². The lowest BCUT2D eigenvalue weighted by Crippen LogP contribution is -2.19. The maximum atomic E-state index is 5.68. The van der Waals surface area contributed by atoms with Gasteiger partial charge in [0, 0.05) is 6.54 Å². The smallest absolute Gasteiger partial charge is 0.126 e. The van der Waals surface area contributed by atoms with Gasteiger partial charge in [0.05, 0.1) is 11.9 Å². The van der Waals surface area contributed by atoms with Gasteiger partial charge in [-0.15, -0.1) is 0 Å². The molecule has 0 bridgehead atoms. The molecule has 0 spiro atoms. The SMILES string of the molecule is Cc1cc(NCC(C)(C)C)ncc1N. The summed E-state index contributed by atoms with van der Waals surface area (Å²) in [6.07, 6.45) is 1.69. The molecule has 0 aliphatic carbocycles. The standard InChI is InChI=1S/C11H19N3/c1-8-5-10(13-6-9(8)12)14-7-11(2,3)4/h5-6H,7,12H2,1-4H3,(H,13,14). The van der Waals surface area contributed by atoms with E-state index in [1.165, 1.54) is 0 Å². The molecule has 0 saturated carbocycles. The van der Waals surface area contributed by atoms with E-state index in [-0.39, 0.29) is 5.41 Å². The molecule has 0 aliphatic heterocycles. The molecule has 0 atom stereocenters. The van der Waals surface area contributed by atoms with E-state index in [0.29, 0.717) is 0 Å². The Kier molecular flexibility index (Phi) is 2.99. The molecule has 3 nitrogen and oxygen atoms in total. The molecule has 1 aromatic rings. The maximum absolute atomic E-state index is 5.68. The van der Waals surface area contributed by atoms with Crippen molar-refractivity contribution >= 4 is 11.5 Å². The number of nitrogens with two attached hydrogens (primary N) is 1. The Labute approximate surface area is 85.7 Å². The fourth-order valence-electron chi connectivity index (χ4n) is 1.02. The molecule has 14 heavy (non-hydrogen) atoms. The zero-order chi connectivity index (χ0) is 10.8. The van der Waals surface area contributed by atoms with Crippen LogP contribution >= 0.6 is 0 Å². The van der Waals surface area contributed by atoms with Crippen molar-refractivity contribution in [1.82, 2.24) is 4.98 Å². The second-order valence-corrected chi connectivity index (χ2v) is 4.84. The van der Waals surface area contributed by atoms with E-state index in [2.05, 4.69) is 31.1 Å². The van der Waals surface area contributed by atoms with Crippen LogP contribution < -0.4 is 11.1 Å². The van der Waals surface area contributed by atoms with Crippen molar-refractivity contribution in [3.8, 4) is 0 Å². The predicted molar refractivity (Wildman–Crippen MR) is 61.3 cm³/mol. The lowest BCUT2D eigenvalue weighted by atomic mass is 9.97. The van der Waals surface area contributed by atoms with E-state index in [0.717, 1.165) is 23.6 Å². The lowest BCUT2D eigenvalue weighted by molar-refractivity contribution is 0.442. The number of hydrogen-bond donors (Lipinski definition) is 2. The molecule has 78 valence electrons. The number of nitrogens with one attached hydrogen (secondary N) is 1. The van der Waals surface area contributed by atoms with Crippen LogP contribution in [0.2, 0.25) is 0 Å². The van der Waals surface area contributed by atoms with Crippen molar-refractivity contribution < 1.29 is 0 Å². The van der Waals surface area contributed by atoms with Crippen molar-refractivity contribution in [3.63, 3.8) is 0 Å². The van der Waals surface area contributed by atoms with Gasteiger partial charge < -0.3 is 11.1 Å². The third-order valence-corrected chi connectivity index (χ3v) is 1.95. The van der Waals surface area contributed by atoms with Gasteiger partial charge in [0.25, 0.3) is 0 Å². The van der Waals surface area contributed by atoms with Crippen LogP contribution in [0.15, 0.2) is 12.3 Å². The van der Waals surface area contributed by atoms with Crippen LogP contribution in [0.4, 0.5) is 11.5 Å². The average molecular weight is 193 g/mol. The van der Waals surface area contributed by atoms with Crippen LogP contribution in [0.25, 0.3) is 0 Å². The summed E-state index contributed by atoms with van der Waals surface area (Å²) < 4.78 is 0. The molecular weight excluding hydrogens is 174 g/mol. The molecule has 3 heteroatoms. The van der Waals surface area contributed by atoms with Crippen molar-refractivity contribution in [1.29, 1.82) is 0 Å². The topological polar surface area (TPSA) is 50.9 Å². The summed E-state index contributed by atoms with van der Waals surface area (Å²) in [6, 6.07) is 1.97. The zero-order valence-electron chi connectivity index (χ0n) is 9.39. The number of aromatic nitrogens is 1. The summed E-state index contributed by atoms with van der Waals surface area (Å²) in [6.45, 7) is 9.45. The molecule has 0 saturated heterocycles. The van der Waals surface area contributed by atoms with Crippen LogP contribution in [-0.2, 0) is 0 Å². The summed E-state index contributed by atoms with van der Waals surface area (Å²) in [5.41, 5.74) is 7.75. The summed E-state index contributed by atoms with van der Waals surface area (Å²) >= 11 is 0. The van der Waals surface area contributed by atoms with Gasteiger partial charge in [-0.3, -0.25) is 0 Å². The van der Waals surface area contributed by atoms with E-state index < -0.39 is 0 Å². The van der Waals surface area contributed by atoms with Crippen molar-refractivity contribution in [3.05, 3.63) is 17.8 Å². The minimum atomic E-state index is 0.261. The third kappa shape index (κ3) is 3.24. The molecule has 1 aromatic heterocycles. The van der Waals surface area contributed by atoms with Crippen LogP contribution in [-0.4, -0.2) is 11.5 Å². The Morgan fingerprint density at radius 3 is 2.57 bits per heavy atom.